The molecule has 0 saturated heterocycles. The van der Waals surface area contributed by atoms with Crippen molar-refractivity contribution in [3.05, 3.63) is 0 Å². The number of rotatable bonds is 5. The van der Waals surface area contributed by atoms with Crippen LogP contribution in [0.3, 0.4) is 0 Å². The maximum absolute atomic E-state index is 11.3. The largest absolute Gasteiger partial charge is 0.302 e. The van der Waals surface area contributed by atoms with Gasteiger partial charge in [0.25, 0.3) is 0 Å². The molecule has 128 valence electrons. The van der Waals surface area contributed by atoms with Gasteiger partial charge >= 0.3 is 0 Å². The second kappa shape index (κ2) is 9.44. The second-order valence-corrected chi connectivity index (χ2v) is 8.22. The summed E-state index contributed by atoms with van der Waals surface area (Å²) in [4.78, 5) is -6.20. The van der Waals surface area contributed by atoms with Crippen molar-refractivity contribution in [1.82, 2.24) is 0 Å². The molecule has 0 bridgehead atoms. The molecule has 0 aliphatic rings. The quantitative estimate of drug-likeness (QED) is 0.182. The SMILES string of the molecule is O=S(O)c1c(S)c(S(=O)O)c(S(=O)O)c(S(=O)O)c1S(=O)O.[Zn]. The summed E-state index contributed by atoms with van der Waals surface area (Å²) in [5, 5.41) is 0. The maximum atomic E-state index is 11.3. The average molecular weight is 496 g/mol. The van der Waals surface area contributed by atoms with Gasteiger partial charge in [-0.1, -0.05) is 0 Å². The number of hydrogen-bond donors (Lipinski definition) is 6. The van der Waals surface area contributed by atoms with E-state index in [-0.39, 0.29) is 19.5 Å². The predicted molar refractivity (Wildman–Crippen MR) is 78.9 cm³/mol. The first kappa shape index (κ1) is 23.7. The van der Waals surface area contributed by atoms with Crippen molar-refractivity contribution < 1.29 is 63.3 Å². The first-order valence-electron chi connectivity index (χ1n) is 4.49. The molecule has 23 heavy (non-hydrogen) atoms. The van der Waals surface area contributed by atoms with Crippen molar-refractivity contribution in [2.24, 2.45) is 0 Å². The van der Waals surface area contributed by atoms with E-state index in [0.29, 0.717) is 0 Å². The van der Waals surface area contributed by atoms with E-state index in [1.54, 1.807) is 0 Å². The molecule has 0 fully saturated rings. The third-order valence-corrected chi connectivity index (χ3v) is 7.18. The van der Waals surface area contributed by atoms with Crippen LogP contribution in [-0.2, 0) is 74.9 Å². The van der Waals surface area contributed by atoms with E-state index in [4.69, 9.17) is 9.11 Å². The second-order valence-electron chi connectivity index (χ2n) is 3.24. The van der Waals surface area contributed by atoms with Crippen LogP contribution in [0.2, 0.25) is 0 Å². The van der Waals surface area contributed by atoms with Gasteiger partial charge in [0.05, 0.1) is 0 Å². The summed E-state index contributed by atoms with van der Waals surface area (Å²) < 4.78 is 102. The molecule has 0 saturated carbocycles. The first-order valence-corrected chi connectivity index (χ1v) is 10.5. The minimum atomic E-state index is -3.19. The summed E-state index contributed by atoms with van der Waals surface area (Å²) in [5.74, 6) is 0. The summed E-state index contributed by atoms with van der Waals surface area (Å²) in [5.41, 5.74) is 0. The molecule has 1 aromatic carbocycles. The molecule has 0 amide bonds. The minimum absolute atomic E-state index is 0. The molecule has 0 aliphatic carbocycles. The third kappa shape index (κ3) is 4.89. The fourth-order valence-electron chi connectivity index (χ4n) is 1.43. The van der Waals surface area contributed by atoms with E-state index in [1.807, 2.05) is 0 Å². The van der Waals surface area contributed by atoms with Crippen LogP contribution in [0.25, 0.3) is 0 Å². The van der Waals surface area contributed by atoms with Crippen LogP contribution in [0.15, 0.2) is 29.4 Å². The van der Waals surface area contributed by atoms with Gasteiger partial charge in [0.1, 0.15) is 24.5 Å². The zero-order valence-electron chi connectivity index (χ0n) is 10.5. The van der Waals surface area contributed by atoms with Crippen LogP contribution in [-0.4, -0.2) is 43.8 Å². The van der Waals surface area contributed by atoms with Gasteiger partial charge in [-0.05, 0) is 0 Å². The van der Waals surface area contributed by atoms with Gasteiger partial charge in [-0.25, -0.2) is 21.0 Å². The third-order valence-electron chi connectivity index (χ3n) is 2.13. The van der Waals surface area contributed by atoms with E-state index in [0.717, 1.165) is 0 Å². The Morgan fingerprint density at radius 2 is 0.696 bits per heavy atom. The Hall–Kier alpha value is 0.743. The zero-order chi connectivity index (χ0) is 17.4. The molecule has 1 aromatic rings. The van der Waals surface area contributed by atoms with Gasteiger partial charge < -0.3 is 22.8 Å². The van der Waals surface area contributed by atoms with E-state index in [9.17, 15) is 34.7 Å². The van der Waals surface area contributed by atoms with Crippen LogP contribution in [0.5, 0.6) is 0 Å². The van der Waals surface area contributed by atoms with Crippen LogP contribution in [0, 0.1) is 0 Å². The summed E-state index contributed by atoms with van der Waals surface area (Å²) in [7, 11) is 0. The van der Waals surface area contributed by atoms with E-state index in [1.165, 1.54) is 0 Å². The van der Waals surface area contributed by atoms with E-state index < -0.39 is 84.8 Å². The minimum Gasteiger partial charge on any atom is -0.302 e. The zero-order valence-corrected chi connectivity index (χ0v) is 18.4. The van der Waals surface area contributed by atoms with Gasteiger partial charge in [-0.2, -0.15) is 0 Å². The average Bonchev–Trinajstić information content (AvgIpc) is 2.34. The first-order chi connectivity index (χ1) is 10.0. The fraction of sp³-hybridized carbons (Fsp3) is 0. The topological polar surface area (TPSA) is 186 Å². The van der Waals surface area contributed by atoms with Gasteiger partial charge in [0.15, 0.2) is 55.4 Å². The van der Waals surface area contributed by atoms with Gasteiger partial charge in [0.2, 0.25) is 0 Å². The van der Waals surface area contributed by atoms with Crippen LogP contribution >= 0.6 is 12.6 Å². The van der Waals surface area contributed by atoms with Crippen molar-refractivity contribution in [3.63, 3.8) is 0 Å². The van der Waals surface area contributed by atoms with Crippen molar-refractivity contribution in [3.8, 4) is 0 Å². The molecule has 0 aliphatic heterocycles. The van der Waals surface area contributed by atoms with E-state index >= 15 is 0 Å². The van der Waals surface area contributed by atoms with E-state index in [2.05, 4.69) is 12.6 Å². The molecule has 5 atom stereocenters. The van der Waals surface area contributed by atoms with Gasteiger partial charge in [-0.15, -0.1) is 12.6 Å². The Bertz CT molecular complexity index is 708. The molecule has 1 rings (SSSR count). The number of thiol groups is 1. The monoisotopic (exact) mass is 494 g/mol. The standard InChI is InChI=1S/C6H6O10S6.Zn/c7-18(8)2-1(17)3(19(9)10)5(21(13)14)6(22(15)16)4(2)20(11)12;/h17H,(H,7,8)(H,9,10)(H,11,12)(H,13,14)(H,15,16);. The maximum Gasteiger partial charge on any atom is 0.189 e. The Kier molecular flexibility index (Phi) is 9.75. The normalized spacial score (nSPS) is 17.7. The molecule has 0 radical (unpaired) electrons. The molecular formula is C6H6O10S6Zn. The molecule has 0 heterocycles. The van der Waals surface area contributed by atoms with Crippen molar-refractivity contribution in [2.45, 2.75) is 29.4 Å². The summed E-state index contributed by atoms with van der Waals surface area (Å²) >= 11 is -11.9. The Morgan fingerprint density at radius 3 is 0.870 bits per heavy atom. The molecular weight excluding hydrogens is 490 g/mol. The van der Waals surface area contributed by atoms with Crippen molar-refractivity contribution >= 4 is 68.0 Å². The van der Waals surface area contributed by atoms with Crippen LogP contribution in [0.1, 0.15) is 0 Å². The molecule has 0 spiro atoms. The van der Waals surface area contributed by atoms with Crippen LogP contribution < -0.4 is 0 Å². The van der Waals surface area contributed by atoms with Gasteiger partial charge in [-0.3, -0.25) is 0 Å². The van der Waals surface area contributed by atoms with Crippen LogP contribution in [0.4, 0.5) is 0 Å². The molecule has 0 aromatic heterocycles. The van der Waals surface area contributed by atoms with Crippen molar-refractivity contribution in [2.75, 3.05) is 0 Å². The fourth-order valence-corrected chi connectivity index (χ4v) is 6.86. The molecule has 5 N–H and O–H groups in total. The Labute approximate surface area is 159 Å². The predicted octanol–water partition coefficient (Wildman–Crippen LogP) is -0.124. The number of hydrogen-bond acceptors (Lipinski definition) is 6. The molecule has 5 unspecified atom stereocenters. The van der Waals surface area contributed by atoms with Gasteiger partial charge in [0, 0.05) is 24.4 Å². The van der Waals surface area contributed by atoms with Crippen molar-refractivity contribution in [1.29, 1.82) is 0 Å². The molecule has 17 heteroatoms. The Morgan fingerprint density at radius 1 is 0.522 bits per heavy atom. The summed E-state index contributed by atoms with van der Waals surface area (Å²) in [6.07, 6.45) is 0. The smallest absolute Gasteiger partial charge is 0.189 e. The Balaban J connectivity index is 0.00000484. The molecule has 10 nitrogen and oxygen atoms in total. The summed E-state index contributed by atoms with van der Waals surface area (Å²) in [6, 6.07) is 0. The number of benzene rings is 1. The summed E-state index contributed by atoms with van der Waals surface area (Å²) in [6.45, 7) is 0.